The van der Waals surface area contributed by atoms with Crippen LogP contribution in [0.15, 0.2) is 17.6 Å². The van der Waals surface area contributed by atoms with Gasteiger partial charge < -0.3 is 15.0 Å². The Morgan fingerprint density at radius 3 is 2.73 bits per heavy atom. The van der Waals surface area contributed by atoms with E-state index in [1.807, 2.05) is 26.2 Å². The number of aromatic amines is 1. The molecule has 0 radical (unpaired) electrons. The number of aryl methyl sites for hydroxylation is 1. The zero-order valence-corrected chi connectivity index (χ0v) is 13.6. The lowest BCUT2D eigenvalue weighted by Gasteiger charge is -2.25. The molecule has 0 saturated heterocycles. The molecule has 2 N–H and O–H groups in total. The first-order valence-corrected chi connectivity index (χ1v) is 7.90. The van der Waals surface area contributed by atoms with Crippen molar-refractivity contribution in [1.82, 2.24) is 14.9 Å². The summed E-state index contributed by atoms with van der Waals surface area (Å²) in [4.78, 5) is 32.2. The third-order valence-corrected chi connectivity index (χ3v) is 4.05. The molecule has 0 aliphatic rings. The van der Waals surface area contributed by atoms with Crippen LogP contribution in [-0.4, -0.2) is 44.4 Å². The van der Waals surface area contributed by atoms with Crippen LogP contribution in [-0.2, 0) is 4.79 Å². The standard InChI is InChI=1S/C15H19N3O3S/c1-9(2)18(5-4-14(19)20)15(21)12-6-11(7-16-12)13-8-22-10(3)17-13/h6-9,16H,4-5H2,1-3H3,(H,19,20). The van der Waals surface area contributed by atoms with Crippen molar-refractivity contribution < 1.29 is 14.7 Å². The zero-order chi connectivity index (χ0) is 16.3. The van der Waals surface area contributed by atoms with Crippen LogP contribution in [0.4, 0.5) is 0 Å². The van der Waals surface area contributed by atoms with Crippen LogP contribution in [0.25, 0.3) is 11.3 Å². The molecule has 118 valence electrons. The van der Waals surface area contributed by atoms with Gasteiger partial charge in [-0.3, -0.25) is 9.59 Å². The van der Waals surface area contributed by atoms with Crippen LogP contribution in [0.5, 0.6) is 0 Å². The van der Waals surface area contributed by atoms with Crippen molar-refractivity contribution in [1.29, 1.82) is 0 Å². The summed E-state index contributed by atoms with van der Waals surface area (Å²) >= 11 is 1.55. The van der Waals surface area contributed by atoms with Gasteiger partial charge in [0.1, 0.15) is 5.69 Å². The molecular weight excluding hydrogens is 302 g/mol. The van der Waals surface area contributed by atoms with Gasteiger partial charge in [-0.15, -0.1) is 11.3 Å². The fourth-order valence-corrected chi connectivity index (χ4v) is 2.75. The van der Waals surface area contributed by atoms with Crippen molar-refractivity contribution >= 4 is 23.2 Å². The van der Waals surface area contributed by atoms with Gasteiger partial charge in [-0.05, 0) is 26.8 Å². The summed E-state index contributed by atoms with van der Waals surface area (Å²) < 4.78 is 0. The molecule has 6 nitrogen and oxygen atoms in total. The van der Waals surface area contributed by atoms with Gasteiger partial charge in [0.25, 0.3) is 5.91 Å². The van der Waals surface area contributed by atoms with Crippen LogP contribution in [0.3, 0.4) is 0 Å². The molecule has 7 heteroatoms. The van der Waals surface area contributed by atoms with Crippen molar-refractivity contribution in [3.8, 4) is 11.3 Å². The highest BCUT2D eigenvalue weighted by Crippen LogP contribution is 2.23. The molecule has 0 spiro atoms. The van der Waals surface area contributed by atoms with E-state index in [4.69, 9.17) is 5.11 Å². The van der Waals surface area contributed by atoms with Crippen molar-refractivity contribution in [2.45, 2.75) is 33.2 Å². The quantitative estimate of drug-likeness (QED) is 0.856. The van der Waals surface area contributed by atoms with Crippen molar-refractivity contribution in [2.75, 3.05) is 6.54 Å². The number of nitrogens with zero attached hydrogens (tertiary/aromatic N) is 2. The van der Waals surface area contributed by atoms with Gasteiger partial charge in [0.2, 0.25) is 0 Å². The lowest BCUT2D eigenvalue weighted by atomic mass is 10.2. The van der Waals surface area contributed by atoms with Crippen LogP contribution in [0, 0.1) is 6.92 Å². The number of carbonyl (C=O) groups excluding carboxylic acids is 1. The lowest BCUT2D eigenvalue weighted by Crippen LogP contribution is -2.38. The maximum atomic E-state index is 12.5. The summed E-state index contributed by atoms with van der Waals surface area (Å²) in [6.45, 7) is 5.86. The summed E-state index contributed by atoms with van der Waals surface area (Å²) in [6.07, 6.45) is 1.68. The number of carbonyl (C=O) groups is 2. The first-order chi connectivity index (χ1) is 10.4. The number of carboxylic acids is 1. The Balaban J connectivity index is 2.17. The highest BCUT2D eigenvalue weighted by atomic mass is 32.1. The molecular formula is C15H19N3O3S. The first-order valence-electron chi connectivity index (χ1n) is 7.02. The molecule has 0 aliphatic heterocycles. The first kappa shape index (κ1) is 16.2. The molecule has 2 rings (SSSR count). The molecule has 0 atom stereocenters. The SMILES string of the molecule is Cc1nc(-c2c[nH]c(C(=O)N(CCC(=O)O)C(C)C)c2)cs1. The minimum atomic E-state index is -0.913. The van der Waals surface area contributed by atoms with E-state index in [2.05, 4.69) is 9.97 Å². The van der Waals surface area contributed by atoms with Gasteiger partial charge in [-0.2, -0.15) is 0 Å². The second-order valence-corrected chi connectivity index (χ2v) is 6.35. The monoisotopic (exact) mass is 321 g/mol. The van der Waals surface area contributed by atoms with E-state index in [-0.39, 0.29) is 24.9 Å². The Labute approximate surface area is 132 Å². The topological polar surface area (TPSA) is 86.3 Å². The molecule has 0 bridgehead atoms. The Hall–Kier alpha value is -2.15. The Morgan fingerprint density at radius 2 is 2.18 bits per heavy atom. The van der Waals surface area contributed by atoms with E-state index in [9.17, 15) is 9.59 Å². The Morgan fingerprint density at radius 1 is 1.45 bits per heavy atom. The van der Waals surface area contributed by atoms with Crippen LogP contribution in [0.2, 0.25) is 0 Å². The van der Waals surface area contributed by atoms with Gasteiger partial charge in [-0.25, -0.2) is 4.98 Å². The molecule has 2 heterocycles. The van der Waals surface area contributed by atoms with Crippen LogP contribution < -0.4 is 0 Å². The van der Waals surface area contributed by atoms with E-state index in [1.165, 1.54) is 0 Å². The highest BCUT2D eigenvalue weighted by molar-refractivity contribution is 7.09. The van der Waals surface area contributed by atoms with E-state index in [0.29, 0.717) is 5.69 Å². The normalized spacial score (nSPS) is 10.9. The predicted octanol–water partition coefficient (Wildman–Crippen LogP) is 2.77. The summed E-state index contributed by atoms with van der Waals surface area (Å²) in [6, 6.07) is 1.69. The number of amides is 1. The Kier molecular flexibility index (Phi) is 4.97. The molecule has 1 amide bonds. The van der Waals surface area contributed by atoms with Crippen LogP contribution in [0.1, 0.15) is 35.8 Å². The largest absolute Gasteiger partial charge is 0.481 e. The molecule has 2 aromatic rings. The van der Waals surface area contributed by atoms with E-state index in [0.717, 1.165) is 16.3 Å². The molecule has 2 aromatic heterocycles. The Bertz CT molecular complexity index is 675. The minimum Gasteiger partial charge on any atom is -0.481 e. The van der Waals surface area contributed by atoms with E-state index < -0.39 is 5.97 Å². The number of H-pyrrole nitrogens is 1. The third kappa shape index (κ3) is 3.73. The van der Waals surface area contributed by atoms with Crippen molar-refractivity contribution in [2.24, 2.45) is 0 Å². The molecule has 22 heavy (non-hydrogen) atoms. The van der Waals surface area contributed by atoms with E-state index >= 15 is 0 Å². The summed E-state index contributed by atoms with van der Waals surface area (Å²) in [5.41, 5.74) is 2.13. The second-order valence-electron chi connectivity index (χ2n) is 5.29. The minimum absolute atomic E-state index is 0.0667. The zero-order valence-electron chi connectivity index (χ0n) is 12.8. The number of aliphatic carboxylic acids is 1. The van der Waals surface area contributed by atoms with Crippen molar-refractivity contribution in [3.63, 3.8) is 0 Å². The maximum absolute atomic E-state index is 12.5. The summed E-state index contributed by atoms with van der Waals surface area (Å²) in [7, 11) is 0. The van der Waals surface area contributed by atoms with Gasteiger partial charge in [0, 0.05) is 29.7 Å². The number of aromatic nitrogens is 2. The lowest BCUT2D eigenvalue weighted by molar-refractivity contribution is -0.137. The third-order valence-electron chi connectivity index (χ3n) is 3.28. The number of rotatable bonds is 6. The maximum Gasteiger partial charge on any atom is 0.305 e. The van der Waals surface area contributed by atoms with Gasteiger partial charge in [-0.1, -0.05) is 0 Å². The second kappa shape index (κ2) is 6.74. The molecule has 0 aliphatic carbocycles. The molecule has 0 saturated carbocycles. The number of carboxylic acid groups (broad SMARTS) is 1. The van der Waals surface area contributed by atoms with Crippen molar-refractivity contribution in [3.05, 3.63) is 28.3 Å². The predicted molar refractivity (Wildman–Crippen MR) is 85.1 cm³/mol. The van der Waals surface area contributed by atoms with E-state index in [1.54, 1.807) is 28.5 Å². The number of thiazole rings is 1. The van der Waals surface area contributed by atoms with Gasteiger partial charge in [0.05, 0.1) is 17.1 Å². The summed E-state index contributed by atoms with van der Waals surface area (Å²) in [5, 5.41) is 11.7. The molecule has 0 aromatic carbocycles. The highest BCUT2D eigenvalue weighted by Gasteiger charge is 2.21. The summed E-state index contributed by atoms with van der Waals surface area (Å²) in [5.74, 6) is -1.11. The van der Waals surface area contributed by atoms with Crippen LogP contribution >= 0.6 is 11.3 Å². The fourth-order valence-electron chi connectivity index (χ4n) is 2.13. The van der Waals surface area contributed by atoms with Gasteiger partial charge in [0.15, 0.2) is 0 Å². The fraction of sp³-hybridized carbons (Fsp3) is 0.400. The molecule has 0 fully saturated rings. The number of hydrogen-bond donors (Lipinski definition) is 2. The number of hydrogen-bond acceptors (Lipinski definition) is 4. The average Bonchev–Trinajstić information content (AvgIpc) is 3.06. The average molecular weight is 321 g/mol. The number of nitrogens with one attached hydrogen (secondary N) is 1. The smallest absolute Gasteiger partial charge is 0.305 e. The van der Waals surface area contributed by atoms with Gasteiger partial charge >= 0.3 is 5.97 Å². The molecule has 0 unspecified atom stereocenters.